The lowest BCUT2D eigenvalue weighted by atomic mass is 9.49. The second kappa shape index (κ2) is 16.3. The first-order valence-electron chi connectivity index (χ1n) is 18.5. The van der Waals surface area contributed by atoms with E-state index in [1.54, 1.807) is 24.3 Å². The van der Waals surface area contributed by atoms with E-state index in [0.29, 0.717) is 23.7 Å². The van der Waals surface area contributed by atoms with E-state index in [2.05, 4.69) is 29.0 Å². The molecule has 0 saturated heterocycles. The van der Waals surface area contributed by atoms with Crippen LogP contribution in [-0.2, 0) is 10.0 Å². The Hall–Kier alpha value is -0.730. The van der Waals surface area contributed by atoms with Crippen molar-refractivity contribution < 1.29 is 8.42 Å². The quantitative estimate of drug-likeness (QED) is 0.233. The van der Waals surface area contributed by atoms with Crippen molar-refractivity contribution in [2.24, 2.45) is 41.2 Å². The first-order chi connectivity index (χ1) is 24.7. The molecule has 3 aromatic rings. The molecule has 11 rings (SSSR count). The minimum Gasteiger partial charge on any atom is -0.324 e. The van der Waals surface area contributed by atoms with E-state index in [0.717, 1.165) is 69.3 Å². The molecule has 2 unspecified atom stereocenters. The fourth-order valence-corrected chi connectivity index (χ4v) is 16.2. The maximum atomic E-state index is 13.2. The van der Waals surface area contributed by atoms with Gasteiger partial charge in [0.15, 0.2) is 0 Å². The van der Waals surface area contributed by atoms with Crippen LogP contribution in [0.5, 0.6) is 0 Å². The summed E-state index contributed by atoms with van der Waals surface area (Å²) in [4.78, 5) is -0.626. The normalized spacial score (nSPS) is 38.4. The number of alkyl halides is 6. The van der Waals surface area contributed by atoms with Crippen molar-refractivity contribution in [3.05, 3.63) is 102 Å². The van der Waals surface area contributed by atoms with Gasteiger partial charge >= 0.3 is 0 Å². The summed E-state index contributed by atoms with van der Waals surface area (Å²) in [6.45, 7) is 0. The Bertz CT molecular complexity index is 1790. The molecular formula is C42H52Cl6N2O2S. The standard InChI is InChI=1S/C23H25Cl2NO2S.C17H21Cl2N.CH2Cl2.CH4/c24-22-12-16-11-18(14-22)20(23(25,13-16)15-22)21(17-7-3-1-4-8-17)26-29(27,28)19-9-5-2-6-10-19;18-16-7-11-6-13(9-16)14(17(19,8-11)10-16)15(20)12-4-2-1-3-5-12;2-1-3;/h1-10,16,18,20-21,26H,11-15H2;1-5,11,13-15H,6-10,20H2;1H2;1H4/t16-,18?,20+,21-,22-,23-;11-,13?,14+,15-,16-,17-;;/m00../s1. The zero-order valence-electron chi connectivity index (χ0n) is 29.1. The smallest absolute Gasteiger partial charge is 0.241 e. The summed E-state index contributed by atoms with van der Waals surface area (Å²) in [6, 6.07) is 28.5. The van der Waals surface area contributed by atoms with Gasteiger partial charge in [0.25, 0.3) is 0 Å². The number of nitrogens with two attached hydrogens (primary N) is 1. The molecule has 0 heterocycles. The van der Waals surface area contributed by atoms with Crippen LogP contribution in [0.1, 0.15) is 94.8 Å². The lowest BCUT2D eigenvalue weighted by molar-refractivity contribution is -0.0212. The van der Waals surface area contributed by atoms with Crippen molar-refractivity contribution in [3.8, 4) is 0 Å². The summed E-state index contributed by atoms with van der Waals surface area (Å²) in [5.74, 6) is 2.59. The lowest BCUT2D eigenvalue weighted by Crippen LogP contribution is -2.62. The van der Waals surface area contributed by atoms with Gasteiger partial charge in [-0.25, -0.2) is 13.1 Å². The van der Waals surface area contributed by atoms with Crippen LogP contribution >= 0.6 is 69.6 Å². The third-order valence-electron chi connectivity index (χ3n) is 12.9. The monoisotopic (exact) mass is 858 g/mol. The van der Waals surface area contributed by atoms with Crippen LogP contribution in [0.15, 0.2) is 95.9 Å². The van der Waals surface area contributed by atoms with E-state index in [1.807, 2.05) is 42.5 Å². The summed E-state index contributed by atoms with van der Waals surface area (Å²) in [7, 11) is -3.67. The number of hydrogen-bond donors (Lipinski definition) is 2. The Balaban J connectivity index is 0.000000175. The molecule has 3 N–H and O–H groups in total. The highest BCUT2D eigenvalue weighted by atomic mass is 35.5. The summed E-state index contributed by atoms with van der Waals surface area (Å²) in [5, 5.41) is 0.194. The van der Waals surface area contributed by atoms with Crippen molar-refractivity contribution in [1.82, 2.24) is 4.72 Å². The van der Waals surface area contributed by atoms with Gasteiger partial charge < -0.3 is 5.73 Å². The van der Waals surface area contributed by atoms with Gasteiger partial charge in [-0.05, 0) is 111 Å². The van der Waals surface area contributed by atoms with Gasteiger partial charge in [0.05, 0.1) is 26.0 Å². The van der Waals surface area contributed by atoms with E-state index in [9.17, 15) is 8.42 Å². The Morgan fingerprint density at radius 3 is 1.49 bits per heavy atom. The fourth-order valence-electron chi connectivity index (χ4n) is 11.9. The number of rotatable bonds is 7. The summed E-state index contributed by atoms with van der Waals surface area (Å²) in [6.07, 6.45) is 10.3. The van der Waals surface area contributed by atoms with Gasteiger partial charge in [0.1, 0.15) is 0 Å². The van der Waals surface area contributed by atoms with Crippen LogP contribution < -0.4 is 10.5 Å². The zero-order chi connectivity index (χ0) is 36.9. The Labute approximate surface area is 347 Å². The molecule has 8 saturated carbocycles. The Kier molecular flexibility index (Phi) is 12.9. The van der Waals surface area contributed by atoms with Crippen molar-refractivity contribution >= 4 is 79.6 Å². The van der Waals surface area contributed by atoms with E-state index in [1.165, 1.54) is 12.0 Å². The largest absolute Gasteiger partial charge is 0.324 e. The molecule has 3 aromatic carbocycles. The first kappa shape index (κ1) is 41.9. The Morgan fingerprint density at radius 1 is 0.642 bits per heavy atom. The average molecular weight is 862 g/mol. The summed E-state index contributed by atoms with van der Waals surface area (Å²) in [5.41, 5.74) is 8.80. The molecule has 11 heteroatoms. The second-order valence-electron chi connectivity index (χ2n) is 16.6. The lowest BCUT2D eigenvalue weighted by Gasteiger charge is -2.63. The van der Waals surface area contributed by atoms with E-state index < -0.39 is 14.9 Å². The molecule has 53 heavy (non-hydrogen) atoms. The number of hydrogen-bond acceptors (Lipinski definition) is 3. The van der Waals surface area contributed by atoms with Gasteiger partial charge in [-0.1, -0.05) is 86.3 Å². The maximum absolute atomic E-state index is 13.2. The van der Waals surface area contributed by atoms with Gasteiger partial charge in [0.2, 0.25) is 10.0 Å². The molecule has 290 valence electrons. The van der Waals surface area contributed by atoms with Gasteiger partial charge in [0, 0.05) is 27.6 Å². The zero-order valence-corrected chi connectivity index (χ0v) is 34.5. The van der Waals surface area contributed by atoms with Crippen molar-refractivity contribution in [2.45, 2.75) is 108 Å². The van der Waals surface area contributed by atoms with Crippen LogP contribution in [0, 0.1) is 35.5 Å². The third kappa shape index (κ3) is 8.60. The molecule has 8 fully saturated rings. The molecule has 8 bridgehead atoms. The average Bonchev–Trinajstić information content (AvgIpc) is 3.07. The highest BCUT2D eigenvalue weighted by Gasteiger charge is 2.64. The molecule has 0 aliphatic heterocycles. The van der Waals surface area contributed by atoms with Gasteiger partial charge in [-0.2, -0.15) is 0 Å². The Morgan fingerprint density at radius 2 is 1.06 bits per heavy atom. The minimum absolute atomic E-state index is 0. The van der Waals surface area contributed by atoms with E-state index in [-0.39, 0.29) is 50.3 Å². The molecule has 0 amide bonds. The molecular weight excluding hydrogens is 809 g/mol. The second-order valence-corrected chi connectivity index (χ2v) is 22.2. The molecule has 0 radical (unpaired) electrons. The number of sulfonamides is 1. The predicted octanol–water partition coefficient (Wildman–Crippen LogP) is 12.0. The van der Waals surface area contributed by atoms with Crippen molar-refractivity contribution in [2.75, 3.05) is 5.34 Å². The highest BCUT2D eigenvalue weighted by Crippen LogP contribution is 2.68. The van der Waals surface area contributed by atoms with Crippen LogP contribution in [0.4, 0.5) is 0 Å². The number of benzene rings is 3. The van der Waals surface area contributed by atoms with E-state index >= 15 is 0 Å². The summed E-state index contributed by atoms with van der Waals surface area (Å²) < 4.78 is 29.5. The SMILES string of the molecule is C.ClCCl.N[C@@H](c1ccccc1)[C@H]1C2C[C@H]3C[C@](Cl)(C2)C[C@@]1(Cl)C3.O=S(=O)(N[C@@H](c1ccccc1)[C@H]1C2C[C@H]3C[C@](Cl)(C2)C[C@@]1(Cl)C3)c1ccccc1. The molecule has 0 spiro atoms. The van der Waals surface area contributed by atoms with Crippen LogP contribution in [0.2, 0.25) is 0 Å². The molecule has 12 atom stereocenters. The van der Waals surface area contributed by atoms with Crippen molar-refractivity contribution in [3.63, 3.8) is 0 Å². The van der Waals surface area contributed by atoms with Crippen LogP contribution in [0.3, 0.4) is 0 Å². The highest BCUT2D eigenvalue weighted by molar-refractivity contribution is 7.89. The molecule has 8 aliphatic rings. The topological polar surface area (TPSA) is 72.2 Å². The molecule has 0 aromatic heterocycles. The number of halogens is 6. The van der Waals surface area contributed by atoms with Crippen LogP contribution in [0.25, 0.3) is 0 Å². The molecule has 4 nitrogen and oxygen atoms in total. The third-order valence-corrected chi connectivity index (χ3v) is 16.4. The van der Waals surface area contributed by atoms with Crippen molar-refractivity contribution in [1.29, 1.82) is 0 Å². The van der Waals surface area contributed by atoms with Crippen LogP contribution in [-0.4, -0.2) is 33.3 Å². The van der Waals surface area contributed by atoms with Gasteiger partial charge in [-0.3, -0.25) is 0 Å². The summed E-state index contributed by atoms with van der Waals surface area (Å²) >= 11 is 37.6. The van der Waals surface area contributed by atoms with Gasteiger partial charge in [-0.15, -0.1) is 69.6 Å². The first-order valence-corrected chi connectivity index (χ1v) is 22.6. The molecule has 8 aliphatic carbocycles. The fraction of sp³-hybridized carbons (Fsp3) is 0.571. The van der Waals surface area contributed by atoms with E-state index in [4.69, 9.17) is 75.3 Å². The number of nitrogens with one attached hydrogen (secondary N) is 1. The maximum Gasteiger partial charge on any atom is 0.241 e. The predicted molar refractivity (Wildman–Crippen MR) is 224 cm³/mol. The minimum atomic E-state index is -3.67.